The van der Waals surface area contributed by atoms with Gasteiger partial charge in [-0.2, -0.15) is 5.10 Å². The quantitative estimate of drug-likeness (QED) is 0.672. The van der Waals surface area contributed by atoms with Crippen LogP contribution in [0.1, 0.15) is 53.7 Å². The van der Waals surface area contributed by atoms with Crippen LogP contribution in [-0.4, -0.2) is 21.5 Å². The van der Waals surface area contributed by atoms with Gasteiger partial charge in [0.1, 0.15) is 0 Å². The predicted molar refractivity (Wildman–Crippen MR) is 59.7 cm³/mol. The highest BCUT2D eigenvalue weighted by Crippen LogP contribution is 2.35. The molecule has 86 valence electrons. The molecule has 1 aliphatic rings. The van der Waals surface area contributed by atoms with Gasteiger partial charge in [-0.25, -0.2) is 4.68 Å². The van der Waals surface area contributed by atoms with Gasteiger partial charge in [0.05, 0.1) is 17.0 Å². The van der Waals surface area contributed by atoms with Gasteiger partial charge in [-0.15, -0.1) is 0 Å². The number of Topliss-reactive ketones (excluding diaryl/α,β-unsaturated/α-hetero) is 1. The number of ketones is 1. The molecule has 0 spiro atoms. The van der Waals surface area contributed by atoms with E-state index in [0.29, 0.717) is 17.7 Å². The fourth-order valence-electron chi connectivity index (χ4n) is 2.40. The van der Waals surface area contributed by atoms with Crippen LogP contribution in [0.2, 0.25) is 0 Å². The van der Waals surface area contributed by atoms with Crippen LogP contribution >= 0.6 is 0 Å². The monoisotopic (exact) mass is 220 g/mol. The number of hydrogen-bond donors (Lipinski definition) is 0. The zero-order valence-corrected chi connectivity index (χ0v) is 10.1. The van der Waals surface area contributed by atoms with Crippen molar-refractivity contribution in [2.45, 2.75) is 40.5 Å². The number of aromatic nitrogens is 2. The van der Waals surface area contributed by atoms with Crippen molar-refractivity contribution in [3.8, 4) is 0 Å². The number of aryl methyl sites for hydroxylation is 1. The third kappa shape index (κ3) is 1.58. The minimum atomic E-state index is -0.130. The Bertz CT molecular complexity index is 483. The van der Waals surface area contributed by atoms with E-state index in [2.05, 4.69) is 5.10 Å². The van der Waals surface area contributed by atoms with E-state index in [0.717, 1.165) is 12.1 Å². The lowest BCUT2D eigenvalue weighted by atomic mass is 9.75. The van der Waals surface area contributed by atoms with E-state index in [1.54, 1.807) is 6.92 Å². The molecule has 0 saturated heterocycles. The Labute approximate surface area is 94.6 Å². The van der Waals surface area contributed by atoms with Crippen molar-refractivity contribution in [1.29, 1.82) is 0 Å². The van der Waals surface area contributed by atoms with E-state index < -0.39 is 0 Å². The number of carbonyl (C=O) groups is 2. The number of fused-ring (bicyclic) bond motifs is 1. The summed E-state index contributed by atoms with van der Waals surface area (Å²) in [5, 5.41) is 4.15. The molecule has 1 aromatic rings. The summed E-state index contributed by atoms with van der Waals surface area (Å²) in [6.45, 7) is 7.34. The highest BCUT2D eigenvalue weighted by atomic mass is 16.2. The van der Waals surface area contributed by atoms with Crippen LogP contribution in [0.15, 0.2) is 0 Å². The van der Waals surface area contributed by atoms with Crippen LogP contribution in [-0.2, 0) is 6.42 Å². The molecule has 0 bridgehead atoms. The average Bonchev–Trinajstić information content (AvgIpc) is 2.40. The van der Waals surface area contributed by atoms with Gasteiger partial charge in [0.15, 0.2) is 5.78 Å². The molecule has 2 rings (SSSR count). The zero-order valence-electron chi connectivity index (χ0n) is 10.1. The molecule has 4 nitrogen and oxygen atoms in total. The normalized spacial score (nSPS) is 18.4. The standard InChI is InChI=1S/C12H16N2O2/c1-7-11-9(14(13-7)8(2)15)5-12(3,4)6-10(11)16/h5-6H2,1-4H3. The Balaban J connectivity index is 2.63. The fraction of sp³-hybridized carbons (Fsp3) is 0.583. The van der Waals surface area contributed by atoms with Gasteiger partial charge in [-0.1, -0.05) is 13.8 Å². The average molecular weight is 220 g/mol. The fourth-order valence-corrected chi connectivity index (χ4v) is 2.40. The lowest BCUT2D eigenvalue weighted by molar-refractivity contribution is 0.0895. The van der Waals surface area contributed by atoms with Gasteiger partial charge in [0, 0.05) is 13.3 Å². The van der Waals surface area contributed by atoms with Gasteiger partial charge in [0.2, 0.25) is 5.91 Å². The highest BCUT2D eigenvalue weighted by Gasteiger charge is 2.35. The third-order valence-corrected chi connectivity index (χ3v) is 3.02. The maximum absolute atomic E-state index is 12.0. The first-order valence-electron chi connectivity index (χ1n) is 5.44. The minimum absolute atomic E-state index is 0.0796. The molecule has 0 saturated carbocycles. The second-order valence-corrected chi connectivity index (χ2v) is 5.28. The largest absolute Gasteiger partial charge is 0.294 e. The molecule has 1 heterocycles. The van der Waals surface area contributed by atoms with Crippen LogP contribution in [0.5, 0.6) is 0 Å². The van der Waals surface area contributed by atoms with E-state index >= 15 is 0 Å². The molecule has 0 amide bonds. The highest BCUT2D eigenvalue weighted by molar-refractivity contribution is 6.00. The van der Waals surface area contributed by atoms with Gasteiger partial charge >= 0.3 is 0 Å². The van der Waals surface area contributed by atoms with E-state index in [-0.39, 0.29) is 17.1 Å². The summed E-state index contributed by atoms with van der Waals surface area (Å²) in [5.41, 5.74) is 2.04. The summed E-state index contributed by atoms with van der Waals surface area (Å²) in [6, 6.07) is 0. The molecule has 0 aromatic carbocycles. The number of carbonyl (C=O) groups excluding carboxylic acids is 2. The molecular weight excluding hydrogens is 204 g/mol. The Hall–Kier alpha value is -1.45. The van der Waals surface area contributed by atoms with E-state index in [1.807, 2.05) is 13.8 Å². The van der Waals surface area contributed by atoms with Crippen molar-refractivity contribution in [3.05, 3.63) is 17.0 Å². The smallest absolute Gasteiger partial charge is 0.243 e. The maximum Gasteiger partial charge on any atom is 0.243 e. The Morgan fingerprint density at radius 3 is 2.56 bits per heavy atom. The summed E-state index contributed by atoms with van der Waals surface area (Å²) < 4.78 is 1.38. The molecule has 0 fully saturated rings. The third-order valence-electron chi connectivity index (χ3n) is 3.02. The lowest BCUT2D eigenvalue weighted by Gasteiger charge is -2.28. The Kier molecular flexibility index (Phi) is 2.26. The second kappa shape index (κ2) is 3.27. The molecule has 16 heavy (non-hydrogen) atoms. The predicted octanol–water partition coefficient (Wildman–Crippen LogP) is 2.01. The van der Waals surface area contributed by atoms with Crippen molar-refractivity contribution in [3.63, 3.8) is 0 Å². The van der Waals surface area contributed by atoms with Crippen molar-refractivity contribution >= 4 is 11.7 Å². The van der Waals surface area contributed by atoms with Crippen LogP contribution in [0.3, 0.4) is 0 Å². The molecule has 0 N–H and O–H groups in total. The molecule has 0 atom stereocenters. The van der Waals surface area contributed by atoms with Crippen LogP contribution < -0.4 is 0 Å². The van der Waals surface area contributed by atoms with E-state index in [9.17, 15) is 9.59 Å². The summed E-state index contributed by atoms with van der Waals surface area (Å²) in [7, 11) is 0. The first kappa shape index (κ1) is 11.0. The summed E-state index contributed by atoms with van der Waals surface area (Å²) >= 11 is 0. The molecule has 1 aliphatic carbocycles. The van der Waals surface area contributed by atoms with Crippen molar-refractivity contribution in [2.24, 2.45) is 5.41 Å². The summed E-state index contributed by atoms with van der Waals surface area (Å²) in [6.07, 6.45) is 1.26. The van der Waals surface area contributed by atoms with Crippen LogP contribution in [0.25, 0.3) is 0 Å². The van der Waals surface area contributed by atoms with Crippen molar-refractivity contribution in [2.75, 3.05) is 0 Å². The SMILES string of the molecule is CC(=O)n1nc(C)c2c1CC(C)(C)CC2=O. The van der Waals surface area contributed by atoms with Gasteiger partial charge in [0.25, 0.3) is 0 Å². The van der Waals surface area contributed by atoms with Crippen LogP contribution in [0, 0.1) is 12.3 Å². The first-order chi connectivity index (χ1) is 7.32. The van der Waals surface area contributed by atoms with Crippen molar-refractivity contribution in [1.82, 2.24) is 9.78 Å². The van der Waals surface area contributed by atoms with Gasteiger partial charge in [-0.05, 0) is 18.8 Å². The molecule has 0 aliphatic heterocycles. The maximum atomic E-state index is 12.0. The number of hydrogen-bond acceptors (Lipinski definition) is 3. The van der Waals surface area contributed by atoms with E-state index in [1.165, 1.54) is 11.6 Å². The molecule has 0 radical (unpaired) electrons. The van der Waals surface area contributed by atoms with Gasteiger partial charge < -0.3 is 0 Å². The topological polar surface area (TPSA) is 52.0 Å². The van der Waals surface area contributed by atoms with Gasteiger partial charge in [-0.3, -0.25) is 9.59 Å². The Morgan fingerprint density at radius 2 is 2.00 bits per heavy atom. The second-order valence-electron chi connectivity index (χ2n) is 5.28. The molecule has 1 aromatic heterocycles. The number of nitrogens with zero attached hydrogens (tertiary/aromatic N) is 2. The van der Waals surface area contributed by atoms with Crippen molar-refractivity contribution < 1.29 is 9.59 Å². The summed E-state index contributed by atoms with van der Waals surface area (Å²) in [4.78, 5) is 23.4. The summed E-state index contributed by atoms with van der Waals surface area (Å²) in [5.74, 6) is -0.0221. The zero-order chi connectivity index (χ0) is 12.1. The number of rotatable bonds is 0. The van der Waals surface area contributed by atoms with Crippen LogP contribution in [0.4, 0.5) is 0 Å². The van der Waals surface area contributed by atoms with E-state index in [4.69, 9.17) is 0 Å². The molecule has 4 heteroatoms. The Morgan fingerprint density at radius 1 is 1.38 bits per heavy atom. The molecule has 0 unspecified atom stereocenters. The first-order valence-corrected chi connectivity index (χ1v) is 5.44. The lowest BCUT2D eigenvalue weighted by Crippen LogP contribution is -2.29. The molecular formula is C12H16N2O2. The minimum Gasteiger partial charge on any atom is -0.294 e.